The first kappa shape index (κ1) is 46.4. The number of hydrogen-bond acceptors (Lipinski definition) is 5. The van der Waals surface area contributed by atoms with Gasteiger partial charge in [0.15, 0.2) is 11.2 Å². The summed E-state index contributed by atoms with van der Waals surface area (Å²) in [5.74, 6) is 0. The fourth-order valence-electron chi connectivity index (χ4n) is 10.6. The first-order valence-corrected chi connectivity index (χ1v) is 26.1. The van der Waals surface area contributed by atoms with Gasteiger partial charge in [0.2, 0.25) is 0 Å². The normalized spacial score (nSPS) is 11.1. The quantitative estimate of drug-likeness (QED) is 0.108. The summed E-state index contributed by atoms with van der Waals surface area (Å²) in [5, 5.41) is 2.04. The molecule has 0 fully saturated rings. The first-order chi connectivity index (χ1) is 38.2. The molecular formula is C72H52N4O. The third-order valence-corrected chi connectivity index (χ3v) is 14.2. The predicted molar refractivity (Wildman–Crippen MR) is 323 cm³/mol. The highest BCUT2D eigenvalue weighted by molar-refractivity contribution is 6.14. The van der Waals surface area contributed by atoms with Crippen molar-refractivity contribution in [3.63, 3.8) is 0 Å². The van der Waals surface area contributed by atoms with E-state index in [2.05, 4.69) is 335 Å². The van der Waals surface area contributed by atoms with Crippen molar-refractivity contribution >= 4 is 90.2 Å². The molecule has 12 aromatic carbocycles. The highest BCUT2D eigenvalue weighted by atomic mass is 16.3. The summed E-state index contributed by atoms with van der Waals surface area (Å²) in [6.45, 7) is 0. The Morgan fingerprint density at radius 2 is 0.429 bits per heavy atom. The second-order valence-corrected chi connectivity index (χ2v) is 19.0. The zero-order valence-corrected chi connectivity index (χ0v) is 42.2. The van der Waals surface area contributed by atoms with Crippen LogP contribution in [0, 0.1) is 0 Å². The van der Waals surface area contributed by atoms with Crippen molar-refractivity contribution in [1.29, 1.82) is 0 Å². The Bertz CT molecular complexity index is 3730. The fourth-order valence-corrected chi connectivity index (χ4v) is 10.6. The molecule has 0 N–H and O–H groups in total. The third kappa shape index (κ3) is 9.24. The van der Waals surface area contributed by atoms with Crippen molar-refractivity contribution in [2.45, 2.75) is 0 Å². The van der Waals surface area contributed by atoms with E-state index in [1.807, 2.05) is 0 Å². The Labute approximate surface area is 449 Å². The van der Waals surface area contributed by atoms with Gasteiger partial charge in [-0.3, -0.25) is 0 Å². The summed E-state index contributed by atoms with van der Waals surface area (Å²) in [6, 6.07) is 112. The van der Waals surface area contributed by atoms with E-state index >= 15 is 0 Å². The molecule has 0 radical (unpaired) electrons. The lowest BCUT2D eigenvalue weighted by atomic mass is 10.0. The minimum atomic E-state index is 0.786. The summed E-state index contributed by atoms with van der Waals surface area (Å²) in [5.41, 5.74) is 18.4. The van der Waals surface area contributed by atoms with E-state index in [1.54, 1.807) is 0 Å². The van der Waals surface area contributed by atoms with Gasteiger partial charge >= 0.3 is 0 Å². The van der Waals surface area contributed by atoms with Crippen LogP contribution in [0.3, 0.4) is 0 Å². The highest BCUT2D eigenvalue weighted by Gasteiger charge is 2.25. The van der Waals surface area contributed by atoms with Crippen molar-refractivity contribution in [3.8, 4) is 22.3 Å². The Morgan fingerprint density at radius 1 is 0.182 bits per heavy atom. The Kier molecular flexibility index (Phi) is 12.6. The molecule has 0 aliphatic heterocycles. The lowest BCUT2D eigenvalue weighted by Gasteiger charge is -2.29. The standard InChI is InChI=1S/C72H52N4O/c1-7-23-53(24-8-1)55-27-19-37-65(51-55)75(63-47-43-61(44-48-63)73(57-29-11-3-12-30-57)58-31-13-4-14-32-58)69-41-21-39-67-68-40-22-42-70(72(68)77-71(67)69)76(66-38-20-28-56(52-66)54-25-9-2-10-26-54)64-49-45-62(46-50-64)74(59-33-15-5-16-34-59)60-35-17-6-18-36-60/h1-52H. The summed E-state index contributed by atoms with van der Waals surface area (Å²) < 4.78 is 7.45. The van der Waals surface area contributed by atoms with E-state index in [1.165, 1.54) is 0 Å². The van der Waals surface area contributed by atoms with Crippen molar-refractivity contribution in [1.82, 2.24) is 0 Å². The molecule has 0 aliphatic rings. The number of benzene rings is 12. The zero-order chi connectivity index (χ0) is 51.3. The van der Waals surface area contributed by atoms with Crippen LogP contribution in [0.15, 0.2) is 320 Å². The van der Waals surface area contributed by atoms with Gasteiger partial charge in [-0.2, -0.15) is 0 Å². The molecule has 5 nitrogen and oxygen atoms in total. The molecule has 1 aromatic heterocycles. The summed E-state index contributed by atoms with van der Waals surface area (Å²) >= 11 is 0. The molecule has 13 rings (SSSR count). The Balaban J connectivity index is 0.976. The van der Waals surface area contributed by atoms with Crippen molar-refractivity contribution < 1.29 is 4.42 Å². The molecule has 0 bridgehead atoms. The molecule has 5 heteroatoms. The number of furan rings is 1. The summed E-state index contributed by atoms with van der Waals surface area (Å²) in [4.78, 5) is 9.26. The van der Waals surface area contributed by atoms with E-state index in [9.17, 15) is 0 Å². The summed E-state index contributed by atoms with van der Waals surface area (Å²) in [7, 11) is 0. The summed E-state index contributed by atoms with van der Waals surface area (Å²) in [6.07, 6.45) is 0. The number of rotatable bonds is 14. The number of nitrogens with zero attached hydrogens (tertiary/aromatic N) is 4. The number of fused-ring (bicyclic) bond motifs is 3. The van der Waals surface area contributed by atoms with E-state index < -0.39 is 0 Å². The SMILES string of the molecule is c1ccc(-c2cccc(N(c3ccc(N(c4ccccc4)c4ccccc4)cc3)c3cccc4c3oc3c(N(c5ccc(N(c6ccccc6)c6ccccc6)cc5)c5cccc(-c6ccccc6)c5)cccc34)c2)cc1. The van der Waals surface area contributed by atoms with Gasteiger partial charge in [0.1, 0.15) is 0 Å². The highest BCUT2D eigenvalue weighted by Crippen LogP contribution is 2.48. The molecular weight excluding hydrogens is 937 g/mol. The van der Waals surface area contributed by atoms with Gasteiger partial charge in [-0.15, -0.1) is 0 Å². The van der Waals surface area contributed by atoms with Gasteiger partial charge in [-0.05, 0) is 156 Å². The van der Waals surface area contributed by atoms with E-state index in [-0.39, 0.29) is 0 Å². The zero-order valence-electron chi connectivity index (χ0n) is 42.2. The molecule has 1 heterocycles. The van der Waals surface area contributed by atoms with Gasteiger partial charge < -0.3 is 24.0 Å². The molecule has 0 aliphatic carbocycles. The number of hydrogen-bond donors (Lipinski definition) is 0. The van der Waals surface area contributed by atoms with Gasteiger partial charge in [0.25, 0.3) is 0 Å². The molecule has 0 saturated carbocycles. The average molecular weight is 989 g/mol. The van der Waals surface area contributed by atoms with Crippen LogP contribution in [-0.2, 0) is 0 Å². The van der Waals surface area contributed by atoms with Crippen LogP contribution in [0.5, 0.6) is 0 Å². The lowest BCUT2D eigenvalue weighted by molar-refractivity contribution is 0.669. The molecule has 77 heavy (non-hydrogen) atoms. The molecule has 366 valence electrons. The van der Waals surface area contributed by atoms with Crippen molar-refractivity contribution in [2.24, 2.45) is 0 Å². The molecule has 0 unspecified atom stereocenters. The van der Waals surface area contributed by atoms with Crippen LogP contribution in [-0.4, -0.2) is 0 Å². The van der Waals surface area contributed by atoms with Gasteiger partial charge in [0.05, 0.1) is 11.4 Å². The van der Waals surface area contributed by atoms with Crippen LogP contribution in [0.25, 0.3) is 44.2 Å². The lowest BCUT2D eigenvalue weighted by Crippen LogP contribution is -2.12. The molecule has 0 amide bonds. The van der Waals surface area contributed by atoms with Crippen LogP contribution >= 0.6 is 0 Å². The predicted octanol–water partition coefficient (Wildman–Crippen LogP) is 20.8. The largest absolute Gasteiger partial charge is 0.452 e. The molecule has 0 spiro atoms. The minimum Gasteiger partial charge on any atom is -0.452 e. The van der Waals surface area contributed by atoms with Crippen molar-refractivity contribution in [2.75, 3.05) is 19.6 Å². The van der Waals surface area contributed by atoms with Crippen LogP contribution in [0.2, 0.25) is 0 Å². The fraction of sp³-hybridized carbons (Fsp3) is 0. The van der Waals surface area contributed by atoms with Gasteiger partial charge in [0, 0.05) is 67.6 Å². The monoisotopic (exact) mass is 988 g/mol. The third-order valence-electron chi connectivity index (χ3n) is 14.2. The maximum Gasteiger partial charge on any atom is 0.159 e. The minimum absolute atomic E-state index is 0.786. The smallest absolute Gasteiger partial charge is 0.159 e. The maximum absolute atomic E-state index is 7.45. The number of para-hydroxylation sites is 6. The second-order valence-electron chi connectivity index (χ2n) is 19.0. The van der Waals surface area contributed by atoms with Crippen molar-refractivity contribution in [3.05, 3.63) is 315 Å². The van der Waals surface area contributed by atoms with E-state index in [0.717, 1.165) is 112 Å². The van der Waals surface area contributed by atoms with Crippen LogP contribution in [0.4, 0.5) is 68.2 Å². The van der Waals surface area contributed by atoms with Crippen LogP contribution in [0.1, 0.15) is 0 Å². The van der Waals surface area contributed by atoms with Crippen LogP contribution < -0.4 is 19.6 Å². The molecule has 0 saturated heterocycles. The average Bonchev–Trinajstić information content (AvgIpc) is 4.00. The van der Waals surface area contributed by atoms with E-state index in [4.69, 9.17) is 4.42 Å². The van der Waals surface area contributed by atoms with Gasteiger partial charge in [-0.1, -0.05) is 182 Å². The maximum atomic E-state index is 7.45. The molecule has 0 atom stereocenters. The van der Waals surface area contributed by atoms with E-state index in [0.29, 0.717) is 0 Å². The Hall–Kier alpha value is -10.4. The molecule has 13 aromatic rings. The second kappa shape index (κ2) is 20.9. The van der Waals surface area contributed by atoms with Gasteiger partial charge in [-0.25, -0.2) is 0 Å². The topological polar surface area (TPSA) is 26.1 Å². The first-order valence-electron chi connectivity index (χ1n) is 26.1. The number of anilines is 12. The Morgan fingerprint density at radius 3 is 0.753 bits per heavy atom.